The number of para-hydroxylation sites is 1. The monoisotopic (exact) mass is 436 g/mol. The van der Waals surface area contributed by atoms with E-state index in [1.165, 1.54) is 12.1 Å². The SMILES string of the molecule is CC(C)c1cccc(C(C)C)c1NC(=O)N1CCCC1c1nc(-c2ccc(F)cc2)no1. The third-order valence-corrected chi connectivity index (χ3v) is 5.95. The van der Waals surface area contributed by atoms with Crippen molar-refractivity contribution in [2.75, 3.05) is 11.9 Å². The first-order valence-corrected chi connectivity index (χ1v) is 11.1. The Morgan fingerprint density at radius 3 is 2.38 bits per heavy atom. The molecule has 1 aromatic heterocycles. The number of anilines is 1. The zero-order valence-corrected chi connectivity index (χ0v) is 18.9. The highest BCUT2D eigenvalue weighted by Gasteiger charge is 2.35. The molecule has 0 bridgehead atoms. The number of carbonyl (C=O) groups is 1. The summed E-state index contributed by atoms with van der Waals surface area (Å²) in [6, 6.07) is 11.7. The van der Waals surface area contributed by atoms with Crippen LogP contribution in [-0.4, -0.2) is 27.6 Å². The Bertz CT molecular complexity index is 1070. The molecule has 6 nitrogen and oxygen atoms in total. The highest BCUT2D eigenvalue weighted by atomic mass is 19.1. The van der Waals surface area contributed by atoms with Crippen LogP contribution in [0, 0.1) is 5.82 Å². The van der Waals surface area contributed by atoms with Crippen molar-refractivity contribution in [2.24, 2.45) is 0 Å². The Kier molecular flexibility index (Phi) is 6.26. The molecule has 168 valence electrons. The van der Waals surface area contributed by atoms with Crippen LogP contribution in [0.15, 0.2) is 47.0 Å². The number of rotatable bonds is 5. The van der Waals surface area contributed by atoms with Crippen LogP contribution in [0.25, 0.3) is 11.4 Å². The van der Waals surface area contributed by atoms with Crippen molar-refractivity contribution in [3.63, 3.8) is 0 Å². The molecule has 1 fully saturated rings. The Labute approximate surface area is 187 Å². The number of urea groups is 1. The van der Waals surface area contributed by atoms with Gasteiger partial charge in [0.15, 0.2) is 0 Å². The van der Waals surface area contributed by atoms with Crippen molar-refractivity contribution in [1.82, 2.24) is 15.0 Å². The van der Waals surface area contributed by atoms with Gasteiger partial charge in [0.1, 0.15) is 11.9 Å². The van der Waals surface area contributed by atoms with Crippen LogP contribution >= 0.6 is 0 Å². The van der Waals surface area contributed by atoms with E-state index < -0.39 is 0 Å². The van der Waals surface area contributed by atoms with Gasteiger partial charge in [-0.3, -0.25) is 0 Å². The van der Waals surface area contributed by atoms with Gasteiger partial charge in [0.2, 0.25) is 11.7 Å². The van der Waals surface area contributed by atoms with Gasteiger partial charge in [-0.2, -0.15) is 4.98 Å². The van der Waals surface area contributed by atoms with E-state index in [4.69, 9.17) is 4.52 Å². The van der Waals surface area contributed by atoms with Gasteiger partial charge in [-0.15, -0.1) is 0 Å². The number of amides is 2. The average Bonchev–Trinajstić information content (AvgIpc) is 3.43. The van der Waals surface area contributed by atoms with E-state index >= 15 is 0 Å². The van der Waals surface area contributed by atoms with E-state index in [-0.39, 0.29) is 29.7 Å². The summed E-state index contributed by atoms with van der Waals surface area (Å²) in [7, 11) is 0. The molecule has 2 heterocycles. The number of hydrogen-bond acceptors (Lipinski definition) is 4. The fraction of sp³-hybridized carbons (Fsp3) is 0.400. The quantitative estimate of drug-likeness (QED) is 0.496. The number of halogens is 1. The van der Waals surface area contributed by atoms with Crippen LogP contribution in [0.5, 0.6) is 0 Å². The first kappa shape index (κ1) is 22.0. The van der Waals surface area contributed by atoms with Crippen molar-refractivity contribution < 1.29 is 13.7 Å². The topological polar surface area (TPSA) is 71.3 Å². The molecular weight excluding hydrogens is 407 g/mol. The molecule has 1 aliphatic heterocycles. The van der Waals surface area contributed by atoms with E-state index in [1.807, 2.05) is 6.07 Å². The van der Waals surface area contributed by atoms with Crippen LogP contribution in [-0.2, 0) is 0 Å². The second-order valence-electron chi connectivity index (χ2n) is 8.87. The van der Waals surface area contributed by atoms with E-state index in [0.29, 0.717) is 23.8 Å². The summed E-state index contributed by atoms with van der Waals surface area (Å²) in [5.41, 5.74) is 3.81. The van der Waals surface area contributed by atoms with Crippen LogP contribution in [0.3, 0.4) is 0 Å². The maximum absolute atomic E-state index is 13.3. The number of carbonyl (C=O) groups excluding carboxylic acids is 1. The number of aromatic nitrogens is 2. The predicted octanol–water partition coefficient (Wildman–Crippen LogP) is 6.49. The highest BCUT2D eigenvalue weighted by molar-refractivity contribution is 5.92. The van der Waals surface area contributed by atoms with Gasteiger partial charge in [0, 0.05) is 17.8 Å². The van der Waals surface area contributed by atoms with E-state index in [1.54, 1.807) is 17.0 Å². The summed E-state index contributed by atoms with van der Waals surface area (Å²) >= 11 is 0. The summed E-state index contributed by atoms with van der Waals surface area (Å²) in [6.07, 6.45) is 1.61. The number of hydrogen-bond donors (Lipinski definition) is 1. The van der Waals surface area contributed by atoms with E-state index in [2.05, 4.69) is 55.3 Å². The third kappa shape index (κ3) is 4.38. The smallest absolute Gasteiger partial charge is 0.322 e. The molecule has 2 aromatic carbocycles. The molecule has 0 spiro atoms. The second-order valence-corrected chi connectivity index (χ2v) is 8.87. The molecule has 3 aromatic rings. The molecule has 4 rings (SSSR count). The lowest BCUT2D eigenvalue weighted by atomic mass is 9.93. The summed E-state index contributed by atoms with van der Waals surface area (Å²) in [5, 5.41) is 7.23. The Hall–Kier alpha value is -3.22. The van der Waals surface area contributed by atoms with Gasteiger partial charge in [-0.25, -0.2) is 9.18 Å². The molecule has 32 heavy (non-hydrogen) atoms. The number of nitrogens with zero attached hydrogens (tertiary/aromatic N) is 3. The molecule has 0 aliphatic carbocycles. The highest BCUT2D eigenvalue weighted by Crippen LogP contribution is 2.36. The largest absolute Gasteiger partial charge is 0.337 e. The van der Waals surface area contributed by atoms with Gasteiger partial charge in [0.25, 0.3) is 0 Å². The summed E-state index contributed by atoms with van der Waals surface area (Å²) in [6.45, 7) is 9.13. The average molecular weight is 437 g/mol. The third-order valence-electron chi connectivity index (χ3n) is 5.95. The Morgan fingerprint density at radius 1 is 1.09 bits per heavy atom. The maximum atomic E-state index is 13.3. The zero-order valence-electron chi connectivity index (χ0n) is 18.9. The fourth-order valence-electron chi connectivity index (χ4n) is 4.23. The number of benzene rings is 2. The molecule has 1 saturated heterocycles. The second kappa shape index (κ2) is 9.10. The van der Waals surface area contributed by atoms with E-state index in [0.717, 1.165) is 29.7 Å². The van der Waals surface area contributed by atoms with Crippen LogP contribution in [0.4, 0.5) is 14.9 Å². The maximum Gasteiger partial charge on any atom is 0.322 e. The number of nitrogens with one attached hydrogen (secondary N) is 1. The van der Waals surface area contributed by atoms with Crippen molar-refractivity contribution in [1.29, 1.82) is 0 Å². The molecule has 1 aliphatic rings. The zero-order chi connectivity index (χ0) is 22.8. The lowest BCUT2D eigenvalue weighted by Gasteiger charge is -2.25. The molecule has 1 atom stereocenters. The van der Waals surface area contributed by atoms with Gasteiger partial charge >= 0.3 is 6.03 Å². The minimum Gasteiger partial charge on any atom is -0.337 e. The molecule has 0 radical (unpaired) electrons. The molecule has 2 amide bonds. The van der Waals surface area contributed by atoms with E-state index in [9.17, 15) is 9.18 Å². The first-order valence-electron chi connectivity index (χ1n) is 11.1. The Balaban J connectivity index is 1.57. The van der Waals surface area contributed by atoms with Crippen molar-refractivity contribution >= 4 is 11.7 Å². The fourth-order valence-corrected chi connectivity index (χ4v) is 4.23. The van der Waals surface area contributed by atoms with Crippen LogP contribution in [0.1, 0.15) is 75.4 Å². The molecule has 7 heteroatoms. The molecule has 1 N–H and O–H groups in total. The minimum atomic E-state index is -0.321. The Morgan fingerprint density at radius 2 is 1.75 bits per heavy atom. The standard InChI is InChI=1S/C25H29FN4O2/c1-15(2)19-7-5-8-20(16(3)4)22(19)27-25(31)30-14-6-9-21(30)24-28-23(29-32-24)17-10-12-18(26)13-11-17/h5,7-8,10-13,15-16,21H,6,9,14H2,1-4H3,(H,27,31). The number of likely N-dealkylation sites (tertiary alicyclic amines) is 1. The summed E-state index contributed by atoms with van der Waals surface area (Å²) in [4.78, 5) is 19.6. The van der Waals surface area contributed by atoms with Gasteiger partial charge in [-0.1, -0.05) is 51.1 Å². The molecule has 0 saturated carbocycles. The van der Waals surface area contributed by atoms with Crippen LogP contribution < -0.4 is 5.32 Å². The predicted molar refractivity (Wildman–Crippen MR) is 122 cm³/mol. The lowest BCUT2D eigenvalue weighted by Crippen LogP contribution is -2.35. The van der Waals surface area contributed by atoms with Gasteiger partial charge < -0.3 is 14.7 Å². The molecular formula is C25H29FN4O2. The van der Waals surface area contributed by atoms with Gasteiger partial charge in [0.05, 0.1) is 0 Å². The van der Waals surface area contributed by atoms with Crippen molar-refractivity contribution in [2.45, 2.75) is 58.4 Å². The lowest BCUT2D eigenvalue weighted by molar-refractivity contribution is 0.193. The first-order chi connectivity index (χ1) is 15.3. The summed E-state index contributed by atoms with van der Waals surface area (Å²) in [5.74, 6) is 1.04. The summed E-state index contributed by atoms with van der Waals surface area (Å²) < 4.78 is 18.7. The van der Waals surface area contributed by atoms with Crippen molar-refractivity contribution in [3.05, 3.63) is 65.3 Å². The minimum absolute atomic E-state index is 0.163. The molecule has 1 unspecified atom stereocenters. The normalized spacial score (nSPS) is 16.2. The van der Waals surface area contributed by atoms with Crippen molar-refractivity contribution in [3.8, 4) is 11.4 Å². The van der Waals surface area contributed by atoms with Gasteiger partial charge in [-0.05, 0) is 60.1 Å². The van der Waals surface area contributed by atoms with Crippen LogP contribution in [0.2, 0.25) is 0 Å².